The molecular formula is C22H19Cl2N3O3. The topological polar surface area (TPSA) is 75.4 Å². The monoisotopic (exact) mass is 443 g/mol. The predicted octanol–water partition coefficient (Wildman–Crippen LogP) is 5.35. The summed E-state index contributed by atoms with van der Waals surface area (Å²) in [6, 6.07) is 12.4. The highest BCUT2D eigenvalue weighted by Crippen LogP contribution is 2.31. The summed E-state index contributed by atoms with van der Waals surface area (Å²) < 4.78 is 5.74. The molecule has 8 heteroatoms. The van der Waals surface area contributed by atoms with Gasteiger partial charge in [0, 0.05) is 36.4 Å². The summed E-state index contributed by atoms with van der Waals surface area (Å²) in [6.45, 7) is 0.665. The fourth-order valence-corrected chi connectivity index (χ4v) is 3.89. The van der Waals surface area contributed by atoms with Gasteiger partial charge in [0.2, 0.25) is 11.8 Å². The summed E-state index contributed by atoms with van der Waals surface area (Å²) in [5, 5.41) is 3.90. The SMILES string of the molecule is O=C(CCc1ncc(-c2ccc(Cl)cc2Cl)o1)Nc1ccccc1N1CCCC1=O. The zero-order chi connectivity index (χ0) is 21.1. The number of aryl methyl sites for hydroxylation is 1. The summed E-state index contributed by atoms with van der Waals surface area (Å²) in [6.07, 6.45) is 3.47. The van der Waals surface area contributed by atoms with Gasteiger partial charge in [-0.3, -0.25) is 9.59 Å². The first kappa shape index (κ1) is 20.4. The Morgan fingerprint density at radius 3 is 2.80 bits per heavy atom. The van der Waals surface area contributed by atoms with Crippen molar-refractivity contribution in [2.45, 2.75) is 25.7 Å². The van der Waals surface area contributed by atoms with Crippen LogP contribution < -0.4 is 10.2 Å². The molecular weight excluding hydrogens is 425 g/mol. The number of nitrogens with one attached hydrogen (secondary N) is 1. The molecule has 1 saturated heterocycles. The average Bonchev–Trinajstić information content (AvgIpc) is 3.36. The van der Waals surface area contributed by atoms with Gasteiger partial charge < -0.3 is 14.6 Å². The molecule has 1 aliphatic heterocycles. The van der Waals surface area contributed by atoms with Crippen molar-refractivity contribution in [2.24, 2.45) is 0 Å². The molecule has 0 aliphatic carbocycles. The highest BCUT2D eigenvalue weighted by molar-refractivity contribution is 6.36. The molecule has 0 radical (unpaired) electrons. The molecule has 30 heavy (non-hydrogen) atoms. The molecule has 0 atom stereocenters. The number of para-hydroxylation sites is 2. The average molecular weight is 444 g/mol. The molecule has 154 valence electrons. The van der Waals surface area contributed by atoms with Crippen LogP contribution in [-0.4, -0.2) is 23.3 Å². The molecule has 2 aromatic carbocycles. The van der Waals surface area contributed by atoms with E-state index in [-0.39, 0.29) is 18.2 Å². The first-order valence-corrected chi connectivity index (χ1v) is 10.4. The van der Waals surface area contributed by atoms with Crippen LogP contribution in [0.15, 0.2) is 53.1 Å². The zero-order valence-corrected chi connectivity index (χ0v) is 17.5. The number of carbonyl (C=O) groups excluding carboxylic acids is 2. The largest absolute Gasteiger partial charge is 0.441 e. The van der Waals surface area contributed by atoms with E-state index in [4.69, 9.17) is 27.6 Å². The summed E-state index contributed by atoms with van der Waals surface area (Å²) >= 11 is 12.1. The maximum atomic E-state index is 12.5. The smallest absolute Gasteiger partial charge is 0.227 e. The fraction of sp³-hybridized carbons (Fsp3) is 0.227. The quantitative estimate of drug-likeness (QED) is 0.557. The maximum absolute atomic E-state index is 12.5. The van der Waals surface area contributed by atoms with Crippen LogP contribution in [-0.2, 0) is 16.0 Å². The van der Waals surface area contributed by atoms with Crippen molar-refractivity contribution in [2.75, 3.05) is 16.8 Å². The number of benzene rings is 2. The van der Waals surface area contributed by atoms with Crippen LogP contribution in [0.3, 0.4) is 0 Å². The van der Waals surface area contributed by atoms with Crippen LogP contribution >= 0.6 is 23.2 Å². The Hall–Kier alpha value is -2.83. The fourth-order valence-electron chi connectivity index (χ4n) is 3.39. The van der Waals surface area contributed by atoms with Crippen molar-refractivity contribution in [1.29, 1.82) is 0 Å². The van der Waals surface area contributed by atoms with E-state index in [0.717, 1.165) is 12.1 Å². The number of carbonyl (C=O) groups is 2. The van der Waals surface area contributed by atoms with Gasteiger partial charge in [0.1, 0.15) is 0 Å². The van der Waals surface area contributed by atoms with Gasteiger partial charge in [-0.1, -0.05) is 35.3 Å². The second kappa shape index (κ2) is 8.90. The minimum Gasteiger partial charge on any atom is -0.441 e. The third kappa shape index (κ3) is 4.50. The number of rotatable bonds is 6. The summed E-state index contributed by atoms with van der Waals surface area (Å²) in [7, 11) is 0. The Labute approximate surface area is 183 Å². The first-order chi connectivity index (χ1) is 14.5. The van der Waals surface area contributed by atoms with Gasteiger partial charge in [-0.05, 0) is 36.8 Å². The molecule has 2 amide bonds. The van der Waals surface area contributed by atoms with Gasteiger partial charge >= 0.3 is 0 Å². The molecule has 3 aromatic rings. The normalized spacial score (nSPS) is 13.7. The molecule has 0 bridgehead atoms. The number of nitrogens with zero attached hydrogens (tertiary/aromatic N) is 2. The second-order valence-electron chi connectivity index (χ2n) is 6.96. The lowest BCUT2D eigenvalue weighted by molar-refractivity contribution is -0.117. The molecule has 0 saturated carbocycles. The van der Waals surface area contributed by atoms with E-state index in [2.05, 4.69) is 10.3 Å². The Balaban J connectivity index is 1.39. The van der Waals surface area contributed by atoms with Gasteiger partial charge in [0.05, 0.1) is 22.6 Å². The van der Waals surface area contributed by atoms with Crippen LogP contribution in [0.2, 0.25) is 10.0 Å². The third-order valence-electron chi connectivity index (χ3n) is 4.86. The maximum Gasteiger partial charge on any atom is 0.227 e. The van der Waals surface area contributed by atoms with E-state index in [1.54, 1.807) is 35.4 Å². The Morgan fingerprint density at radius 2 is 2.03 bits per heavy atom. The van der Waals surface area contributed by atoms with E-state index in [1.165, 1.54) is 0 Å². The number of hydrogen-bond acceptors (Lipinski definition) is 4. The molecule has 2 heterocycles. The van der Waals surface area contributed by atoms with E-state index in [0.29, 0.717) is 52.3 Å². The van der Waals surface area contributed by atoms with Gasteiger partial charge in [0.15, 0.2) is 11.7 Å². The standard InChI is InChI=1S/C22H19Cl2N3O3/c23-14-7-8-15(16(24)12-14)19-13-25-21(30-19)10-9-20(28)26-17-4-1-2-5-18(17)27-11-3-6-22(27)29/h1-2,4-5,7-8,12-13H,3,6,9-11H2,(H,26,28). The van der Waals surface area contributed by atoms with E-state index in [1.807, 2.05) is 18.2 Å². The van der Waals surface area contributed by atoms with Crippen molar-refractivity contribution < 1.29 is 14.0 Å². The highest BCUT2D eigenvalue weighted by Gasteiger charge is 2.24. The second-order valence-corrected chi connectivity index (χ2v) is 7.80. The number of halogens is 2. The lowest BCUT2D eigenvalue weighted by Crippen LogP contribution is -2.25. The third-order valence-corrected chi connectivity index (χ3v) is 5.41. The number of aromatic nitrogens is 1. The highest BCUT2D eigenvalue weighted by atomic mass is 35.5. The van der Waals surface area contributed by atoms with Crippen molar-refractivity contribution in [3.05, 3.63) is 64.6 Å². The van der Waals surface area contributed by atoms with Crippen LogP contribution in [0.1, 0.15) is 25.2 Å². The number of amides is 2. The minimum absolute atomic E-state index is 0.0740. The van der Waals surface area contributed by atoms with Crippen LogP contribution in [0.25, 0.3) is 11.3 Å². The molecule has 1 N–H and O–H groups in total. The number of hydrogen-bond donors (Lipinski definition) is 1. The molecule has 4 rings (SSSR count). The molecule has 6 nitrogen and oxygen atoms in total. The molecule has 1 aromatic heterocycles. The molecule has 0 spiro atoms. The molecule has 1 aliphatic rings. The minimum atomic E-state index is -0.182. The van der Waals surface area contributed by atoms with Crippen molar-refractivity contribution in [3.8, 4) is 11.3 Å². The zero-order valence-electron chi connectivity index (χ0n) is 16.0. The Morgan fingerprint density at radius 1 is 1.20 bits per heavy atom. The summed E-state index contributed by atoms with van der Waals surface area (Å²) in [5.74, 6) is 0.849. The van der Waals surface area contributed by atoms with Crippen molar-refractivity contribution >= 4 is 46.4 Å². The van der Waals surface area contributed by atoms with Gasteiger partial charge in [-0.2, -0.15) is 0 Å². The van der Waals surface area contributed by atoms with Crippen molar-refractivity contribution in [1.82, 2.24) is 4.98 Å². The lowest BCUT2D eigenvalue weighted by Gasteiger charge is -2.19. The predicted molar refractivity (Wildman–Crippen MR) is 117 cm³/mol. The summed E-state index contributed by atoms with van der Waals surface area (Å²) in [4.78, 5) is 30.5. The van der Waals surface area contributed by atoms with Crippen molar-refractivity contribution in [3.63, 3.8) is 0 Å². The van der Waals surface area contributed by atoms with Crippen LogP contribution in [0.5, 0.6) is 0 Å². The number of anilines is 2. The number of oxazole rings is 1. The van der Waals surface area contributed by atoms with E-state index >= 15 is 0 Å². The molecule has 1 fully saturated rings. The Kier molecular flexibility index (Phi) is 6.06. The van der Waals surface area contributed by atoms with Gasteiger partial charge in [0.25, 0.3) is 0 Å². The Bertz CT molecular complexity index is 1100. The van der Waals surface area contributed by atoms with Gasteiger partial charge in [-0.15, -0.1) is 0 Å². The van der Waals surface area contributed by atoms with Crippen LogP contribution in [0.4, 0.5) is 11.4 Å². The molecule has 0 unspecified atom stereocenters. The van der Waals surface area contributed by atoms with E-state index in [9.17, 15) is 9.59 Å². The van der Waals surface area contributed by atoms with E-state index < -0.39 is 0 Å². The first-order valence-electron chi connectivity index (χ1n) is 9.60. The van der Waals surface area contributed by atoms with Crippen LogP contribution in [0, 0.1) is 0 Å². The lowest BCUT2D eigenvalue weighted by atomic mass is 10.2. The summed E-state index contributed by atoms with van der Waals surface area (Å²) in [5.41, 5.74) is 2.04. The van der Waals surface area contributed by atoms with Gasteiger partial charge in [-0.25, -0.2) is 4.98 Å².